The molecule has 0 unspecified atom stereocenters. The molecular weight excluding hydrogens is 390 g/mol. The SMILES string of the molecule is COC(=O)c1ccccc1-c1ccccc1C(=O)Nc1ccc(C(=N)N)cc1.Cl. The molecule has 0 bridgehead atoms. The molecule has 148 valence electrons. The van der Waals surface area contributed by atoms with Crippen LogP contribution in [-0.2, 0) is 4.74 Å². The third-order valence-electron chi connectivity index (χ3n) is 4.25. The number of nitrogen functional groups attached to an aromatic ring is 1. The Morgan fingerprint density at radius 1 is 0.862 bits per heavy atom. The van der Waals surface area contributed by atoms with Crippen LogP contribution in [0.15, 0.2) is 72.8 Å². The standard InChI is InChI=1S/C22H19N3O3.ClH/c1-28-22(27)19-9-5-3-7-17(19)16-6-2-4-8-18(16)21(26)25-15-12-10-14(11-13-15)20(23)24;/h2-13H,1H3,(H3,23,24)(H,25,26);1H. The van der Waals surface area contributed by atoms with Crippen molar-refractivity contribution in [3.8, 4) is 11.1 Å². The summed E-state index contributed by atoms with van der Waals surface area (Å²) in [5, 5.41) is 10.3. The number of amidine groups is 1. The van der Waals surface area contributed by atoms with Crippen LogP contribution in [0.1, 0.15) is 26.3 Å². The number of benzene rings is 3. The van der Waals surface area contributed by atoms with Crippen LogP contribution in [0.5, 0.6) is 0 Å². The molecule has 1 amide bonds. The first-order valence-electron chi connectivity index (χ1n) is 8.54. The molecule has 0 fully saturated rings. The minimum atomic E-state index is -0.467. The number of carbonyl (C=O) groups is 2. The van der Waals surface area contributed by atoms with Gasteiger partial charge >= 0.3 is 5.97 Å². The van der Waals surface area contributed by atoms with Crippen molar-refractivity contribution >= 4 is 35.8 Å². The van der Waals surface area contributed by atoms with Gasteiger partial charge in [-0.2, -0.15) is 0 Å². The first-order valence-corrected chi connectivity index (χ1v) is 8.54. The highest BCUT2D eigenvalue weighted by molar-refractivity contribution is 6.10. The summed E-state index contributed by atoms with van der Waals surface area (Å²) in [6, 6.07) is 20.7. The summed E-state index contributed by atoms with van der Waals surface area (Å²) in [7, 11) is 1.32. The number of halogens is 1. The van der Waals surface area contributed by atoms with E-state index < -0.39 is 5.97 Å². The number of nitrogens with one attached hydrogen (secondary N) is 2. The molecule has 0 spiro atoms. The number of carbonyl (C=O) groups excluding carboxylic acids is 2. The summed E-state index contributed by atoms with van der Waals surface area (Å²) < 4.78 is 4.86. The molecule has 3 aromatic carbocycles. The molecule has 0 saturated carbocycles. The van der Waals surface area contributed by atoms with Crippen LogP contribution < -0.4 is 11.1 Å². The van der Waals surface area contributed by atoms with Gasteiger partial charge in [-0.05, 0) is 47.5 Å². The van der Waals surface area contributed by atoms with E-state index in [0.29, 0.717) is 33.5 Å². The molecule has 7 heteroatoms. The van der Waals surface area contributed by atoms with Crippen molar-refractivity contribution in [2.75, 3.05) is 12.4 Å². The number of hydrogen-bond acceptors (Lipinski definition) is 4. The van der Waals surface area contributed by atoms with Gasteiger partial charge in [0.25, 0.3) is 5.91 Å². The molecule has 0 aliphatic heterocycles. The van der Waals surface area contributed by atoms with E-state index in [1.54, 1.807) is 66.7 Å². The lowest BCUT2D eigenvalue weighted by molar-refractivity contribution is 0.0601. The topological polar surface area (TPSA) is 105 Å². The van der Waals surface area contributed by atoms with Crippen molar-refractivity contribution in [1.82, 2.24) is 0 Å². The fourth-order valence-corrected chi connectivity index (χ4v) is 2.85. The van der Waals surface area contributed by atoms with E-state index in [4.69, 9.17) is 15.9 Å². The number of nitrogens with two attached hydrogens (primary N) is 1. The van der Waals surface area contributed by atoms with Gasteiger partial charge < -0.3 is 15.8 Å². The number of amides is 1. The lowest BCUT2D eigenvalue weighted by Crippen LogP contribution is -2.15. The summed E-state index contributed by atoms with van der Waals surface area (Å²) in [6.45, 7) is 0. The van der Waals surface area contributed by atoms with Crippen LogP contribution in [0.25, 0.3) is 11.1 Å². The second kappa shape index (κ2) is 9.52. The summed E-state index contributed by atoms with van der Waals surface area (Å²) in [5.41, 5.74) is 8.65. The minimum absolute atomic E-state index is 0. The van der Waals surface area contributed by atoms with Crippen LogP contribution in [0.3, 0.4) is 0 Å². The van der Waals surface area contributed by atoms with Crippen LogP contribution in [0, 0.1) is 5.41 Å². The molecule has 6 nitrogen and oxygen atoms in total. The third kappa shape index (κ3) is 4.80. The Hall–Kier alpha value is -3.64. The van der Waals surface area contributed by atoms with E-state index in [9.17, 15) is 9.59 Å². The largest absolute Gasteiger partial charge is 0.465 e. The molecule has 0 aromatic heterocycles. The van der Waals surface area contributed by atoms with Crippen LogP contribution in [0.2, 0.25) is 0 Å². The van der Waals surface area contributed by atoms with Crippen LogP contribution in [-0.4, -0.2) is 24.8 Å². The van der Waals surface area contributed by atoms with E-state index in [-0.39, 0.29) is 24.1 Å². The highest BCUT2D eigenvalue weighted by Gasteiger charge is 2.18. The quantitative estimate of drug-likeness (QED) is 0.335. The molecule has 0 radical (unpaired) electrons. The van der Waals surface area contributed by atoms with Gasteiger partial charge in [-0.3, -0.25) is 10.2 Å². The van der Waals surface area contributed by atoms with Crippen molar-refractivity contribution in [3.63, 3.8) is 0 Å². The van der Waals surface area contributed by atoms with Crippen molar-refractivity contribution in [2.24, 2.45) is 5.73 Å². The summed E-state index contributed by atoms with van der Waals surface area (Å²) in [5.74, 6) is -0.820. The summed E-state index contributed by atoms with van der Waals surface area (Å²) >= 11 is 0. The second-order valence-corrected chi connectivity index (χ2v) is 6.03. The van der Waals surface area contributed by atoms with Gasteiger partial charge in [0.1, 0.15) is 5.84 Å². The normalized spacial score (nSPS) is 9.83. The first-order chi connectivity index (χ1) is 13.5. The zero-order valence-corrected chi connectivity index (χ0v) is 16.5. The predicted molar refractivity (Wildman–Crippen MR) is 116 cm³/mol. The van der Waals surface area contributed by atoms with Crippen LogP contribution >= 0.6 is 12.4 Å². The van der Waals surface area contributed by atoms with Gasteiger partial charge in [-0.15, -0.1) is 12.4 Å². The highest BCUT2D eigenvalue weighted by atomic mass is 35.5. The van der Waals surface area contributed by atoms with Gasteiger partial charge in [-0.1, -0.05) is 36.4 Å². The maximum Gasteiger partial charge on any atom is 0.338 e. The molecule has 4 N–H and O–H groups in total. The average molecular weight is 410 g/mol. The Kier molecular flexibility index (Phi) is 7.11. The molecule has 0 heterocycles. The molecule has 0 atom stereocenters. The maximum absolute atomic E-state index is 12.9. The minimum Gasteiger partial charge on any atom is -0.465 e. The number of rotatable bonds is 5. The molecule has 0 saturated heterocycles. The summed E-state index contributed by atoms with van der Waals surface area (Å²) in [4.78, 5) is 25.0. The average Bonchev–Trinajstić information content (AvgIpc) is 2.73. The van der Waals surface area contributed by atoms with Gasteiger partial charge in [0.15, 0.2) is 0 Å². The van der Waals surface area contributed by atoms with E-state index in [1.807, 2.05) is 6.07 Å². The Labute approximate surface area is 174 Å². The smallest absolute Gasteiger partial charge is 0.338 e. The van der Waals surface area contributed by atoms with E-state index >= 15 is 0 Å². The van der Waals surface area contributed by atoms with E-state index in [0.717, 1.165) is 0 Å². The van der Waals surface area contributed by atoms with Crippen LogP contribution in [0.4, 0.5) is 5.69 Å². The molecular formula is C22H20ClN3O3. The van der Waals surface area contributed by atoms with Crippen molar-refractivity contribution in [3.05, 3.63) is 89.5 Å². The Balaban J connectivity index is 0.00000300. The number of esters is 1. The molecule has 3 aromatic rings. The van der Waals surface area contributed by atoms with Crippen molar-refractivity contribution in [2.45, 2.75) is 0 Å². The zero-order chi connectivity index (χ0) is 20.1. The van der Waals surface area contributed by atoms with Gasteiger partial charge in [0.2, 0.25) is 0 Å². The molecule has 3 rings (SSSR count). The van der Waals surface area contributed by atoms with Crippen molar-refractivity contribution in [1.29, 1.82) is 5.41 Å². The monoisotopic (exact) mass is 409 g/mol. The highest BCUT2D eigenvalue weighted by Crippen LogP contribution is 2.28. The maximum atomic E-state index is 12.9. The Morgan fingerprint density at radius 2 is 1.38 bits per heavy atom. The predicted octanol–water partition coefficient (Wildman–Crippen LogP) is 4.10. The zero-order valence-electron chi connectivity index (χ0n) is 15.6. The molecule has 0 aliphatic rings. The number of hydrogen-bond donors (Lipinski definition) is 3. The Morgan fingerprint density at radius 3 is 1.93 bits per heavy atom. The lowest BCUT2D eigenvalue weighted by Gasteiger charge is -2.13. The third-order valence-corrected chi connectivity index (χ3v) is 4.25. The first kappa shape index (κ1) is 21.7. The summed E-state index contributed by atoms with van der Waals surface area (Å²) in [6.07, 6.45) is 0. The fraction of sp³-hybridized carbons (Fsp3) is 0.0455. The molecule has 0 aliphatic carbocycles. The van der Waals surface area contributed by atoms with Gasteiger partial charge in [-0.25, -0.2) is 4.79 Å². The molecule has 29 heavy (non-hydrogen) atoms. The van der Waals surface area contributed by atoms with Gasteiger partial charge in [0.05, 0.1) is 12.7 Å². The number of anilines is 1. The fourth-order valence-electron chi connectivity index (χ4n) is 2.85. The number of methoxy groups -OCH3 is 1. The number of ether oxygens (including phenoxy) is 1. The lowest BCUT2D eigenvalue weighted by atomic mass is 9.95. The van der Waals surface area contributed by atoms with Gasteiger partial charge in [0, 0.05) is 16.8 Å². The van der Waals surface area contributed by atoms with Crippen molar-refractivity contribution < 1.29 is 14.3 Å². The Bertz CT molecular complexity index is 1050. The second-order valence-electron chi connectivity index (χ2n) is 6.03. The van der Waals surface area contributed by atoms with E-state index in [1.165, 1.54) is 7.11 Å². The van der Waals surface area contributed by atoms with E-state index in [2.05, 4.69) is 5.32 Å².